The maximum absolute atomic E-state index is 12.4. The Morgan fingerprint density at radius 2 is 1.51 bits per heavy atom. The number of hydrogen-bond donors (Lipinski definition) is 5. The van der Waals surface area contributed by atoms with Crippen LogP contribution in [0.3, 0.4) is 0 Å². The number of nitrogens with zero attached hydrogens (tertiary/aromatic N) is 3. The van der Waals surface area contributed by atoms with E-state index in [2.05, 4.69) is 36.2 Å². The molecule has 1 aliphatic heterocycles. The zero-order valence-corrected chi connectivity index (χ0v) is 26.3. The number of fused-ring (bicyclic) bond motifs is 1. The molecular formula is C33H40N8O6. The molecule has 5 rings (SSSR count). The molecule has 1 aromatic heterocycles. The Balaban J connectivity index is 1.18. The number of carbonyl (C=O) groups excluding carboxylic acids is 1. The van der Waals surface area contributed by atoms with E-state index in [1.807, 2.05) is 66.7 Å². The van der Waals surface area contributed by atoms with Crippen LogP contribution in [0.4, 0.5) is 23.5 Å². The summed E-state index contributed by atoms with van der Waals surface area (Å²) < 4.78 is 27.1. The second-order valence-electron chi connectivity index (χ2n) is 10.4. The van der Waals surface area contributed by atoms with Gasteiger partial charge in [-0.05, 0) is 41.5 Å². The van der Waals surface area contributed by atoms with Gasteiger partial charge in [-0.25, -0.2) is 0 Å². The first-order valence-corrected chi connectivity index (χ1v) is 15.3. The predicted molar refractivity (Wildman–Crippen MR) is 177 cm³/mol. The fourth-order valence-electron chi connectivity index (χ4n) is 4.57. The highest BCUT2D eigenvalue weighted by Gasteiger charge is 2.17. The number of nitrogens with one attached hydrogen (secondary N) is 4. The first-order chi connectivity index (χ1) is 23.1. The molecule has 1 amide bonds. The first kappa shape index (κ1) is 33.2. The standard InChI is InChI=1S/C33H40N8O6/c1-43-27-11-7-24(8-12-27)20-36-31-39-32(37-21-25-3-2-4-28-30(25)47-22-46-28)41-33(40-31)38-26-9-5-23(6-10-26)19-29(42)35-14-16-45-18-17-44-15-13-34/h2-12H,13-22,34H2,1H3,(H,35,42)(H3,36,37,38,39,40,41). The molecule has 1 aliphatic rings. The zero-order valence-electron chi connectivity index (χ0n) is 26.3. The van der Waals surface area contributed by atoms with E-state index in [-0.39, 0.29) is 19.1 Å². The Bertz CT molecular complexity index is 1570. The van der Waals surface area contributed by atoms with Crippen molar-refractivity contribution in [3.05, 3.63) is 83.4 Å². The van der Waals surface area contributed by atoms with Gasteiger partial charge in [0.05, 0.1) is 40.0 Å². The van der Waals surface area contributed by atoms with Crippen LogP contribution in [0, 0.1) is 0 Å². The Kier molecular flexibility index (Phi) is 12.4. The number of para-hydroxylation sites is 1. The average molecular weight is 645 g/mol. The molecular weight excluding hydrogens is 604 g/mol. The number of carbonyl (C=O) groups is 1. The van der Waals surface area contributed by atoms with Gasteiger partial charge in [0.25, 0.3) is 0 Å². The SMILES string of the molecule is COc1ccc(CNc2nc(NCc3cccc4c3OCO4)nc(Nc3ccc(CC(=O)NCCOCCOCCN)cc3)n2)cc1. The third kappa shape index (κ3) is 10.4. The Hall–Kier alpha value is -5.18. The predicted octanol–water partition coefficient (Wildman–Crippen LogP) is 3.23. The van der Waals surface area contributed by atoms with Crippen molar-refractivity contribution in [1.29, 1.82) is 0 Å². The molecule has 0 radical (unpaired) electrons. The summed E-state index contributed by atoms with van der Waals surface area (Å²) in [5.74, 6) is 3.21. The lowest BCUT2D eigenvalue weighted by atomic mass is 10.1. The molecule has 0 fully saturated rings. The van der Waals surface area contributed by atoms with E-state index in [1.54, 1.807) is 7.11 Å². The van der Waals surface area contributed by atoms with Crippen LogP contribution in [0.25, 0.3) is 0 Å². The number of aromatic nitrogens is 3. The van der Waals surface area contributed by atoms with Crippen molar-refractivity contribution in [2.45, 2.75) is 19.5 Å². The van der Waals surface area contributed by atoms with Crippen LogP contribution < -0.4 is 41.2 Å². The van der Waals surface area contributed by atoms with Crippen molar-refractivity contribution in [2.75, 3.05) is 69.4 Å². The summed E-state index contributed by atoms with van der Waals surface area (Å²) in [6, 6.07) is 21.0. The van der Waals surface area contributed by atoms with E-state index in [1.165, 1.54) is 0 Å². The van der Waals surface area contributed by atoms with Crippen LogP contribution in [0.2, 0.25) is 0 Å². The molecule has 248 valence electrons. The summed E-state index contributed by atoms with van der Waals surface area (Å²) >= 11 is 0. The highest BCUT2D eigenvalue weighted by molar-refractivity contribution is 5.78. The summed E-state index contributed by atoms with van der Waals surface area (Å²) in [5, 5.41) is 12.7. The van der Waals surface area contributed by atoms with Crippen LogP contribution >= 0.6 is 0 Å². The molecule has 47 heavy (non-hydrogen) atoms. The molecule has 0 atom stereocenters. The van der Waals surface area contributed by atoms with E-state index in [9.17, 15) is 4.79 Å². The molecule has 0 bridgehead atoms. The average Bonchev–Trinajstić information content (AvgIpc) is 3.58. The molecule has 6 N–H and O–H groups in total. The molecule has 2 heterocycles. The van der Waals surface area contributed by atoms with E-state index in [4.69, 9.17) is 29.4 Å². The Morgan fingerprint density at radius 1 is 0.809 bits per heavy atom. The molecule has 14 heteroatoms. The molecule has 0 unspecified atom stereocenters. The normalized spacial score (nSPS) is 11.6. The fraction of sp³-hybridized carbons (Fsp3) is 0.333. The number of benzene rings is 3. The molecule has 0 spiro atoms. The van der Waals surface area contributed by atoms with Gasteiger partial charge in [0.1, 0.15) is 5.75 Å². The second-order valence-corrected chi connectivity index (χ2v) is 10.4. The molecule has 0 saturated heterocycles. The van der Waals surface area contributed by atoms with Crippen LogP contribution in [0.5, 0.6) is 17.2 Å². The van der Waals surface area contributed by atoms with E-state index in [0.29, 0.717) is 82.0 Å². The molecule has 14 nitrogen and oxygen atoms in total. The van der Waals surface area contributed by atoms with Gasteiger partial charge < -0.3 is 50.7 Å². The first-order valence-electron chi connectivity index (χ1n) is 15.3. The molecule has 3 aromatic carbocycles. The van der Waals surface area contributed by atoms with Crippen LogP contribution in [-0.4, -0.2) is 74.3 Å². The largest absolute Gasteiger partial charge is 0.497 e. The lowest BCUT2D eigenvalue weighted by Crippen LogP contribution is -2.29. The lowest BCUT2D eigenvalue weighted by molar-refractivity contribution is -0.120. The van der Waals surface area contributed by atoms with Crippen LogP contribution in [-0.2, 0) is 33.8 Å². The summed E-state index contributed by atoms with van der Waals surface area (Å²) in [6.07, 6.45) is 0.247. The Morgan fingerprint density at radius 3 is 2.26 bits per heavy atom. The van der Waals surface area contributed by atoms with Crippen LogP contribution in [0.15, 0.2) is 66.7 Å². The minimum absolute atomic E-state index is 0.0875. The van der Waals surface area contributed by atoms with E-state index < -0.39 is 0 Å². The van der Waals surface area contributed by atoms with Gasteiger partial charge in [-0.2, -0.15) is 15.0 Å². The Labute approximate surface area is 273 Å². The highest BCUT2D eigenvalue weighted by Crippen LogP contribution is 2.35. The van der Waals surface area contributed by atoms with Gasteiger partial charge in [-0.3, -0.25) is 4.79 Å². The van der Waals surface area contributed by atoms with Crippen molar-refractivity contribution in [2.24, 2.45) is 5.73 Å². The number of amides is 1. The minimum atomic E-state index is -0.0875. The summed E-state index contributed by atoms with van der Waals surface area (Å²) in [6.45, 7) is 3.88. The smallest absolute Gasteiger partial charge is 0.233 e. The van der Waals surface area contributed by atoms with Gasteiger partial charge in [0, 0.05) is 37.4 Å². The van der Waals surface area contributed by atoms with Gasteiger partial charge in [-0.1, -0.05) is 36.4 Å². The number of nitrogens with two attached hydrogens (primary N) is 1. The zero-order chi connectivity index (χ0) is 32.7. The number of anilines is 4. The second kappa shape index (κ2) is 17.5. The molecule has 0 saturated carbocycles. The van der Waals surface area contributed by atoms with Crippen LogP contribution in [0.1, 0.15) is 16.7 Å². The van der Waals surface area contributed by atoms with Crippen molar-refractivity contribution in [1.82, 2.24) is 20.3 Å². The van der Waals surface area contributed by atoms with Gasteiger partial charge in [0.2, 0.25) is 30.5 Å². The van der Waals surface area contributed by atoms with Crippen molar-refractivity contribution >= 4 is 29.4 Å². The lowest BCUT2D eigenvalue weighted by Gasteiger charge is -2.13. The molecule has 0 aliphatic carbocycles. The number of ether oxygens (including phenoxy) is 5. The number of hydrogen-bond acceptors (Lipinski definition) is 13. The quantitative estimate of drug-likeness (QED) is 0.0942. The van der Waals surface area contributed by atoms with Crippen molar-refractivity contribution in [3.63, 3.8) is 0 Å². The van der Waals surface area contributed by atoms with Crippen molar-refractivity contribution < 1.29 is 28.5 Å². The maximum Gasteiger partial charge on any atom is 0.233 e. The van der Waals surface area contributed by atoms with Gasteiger partial charge in [-0.15, -0.1) is 0 Å². The van der Waals surface area contributed by atoms with E-state index in [0.717, 1.165) is 28.1 Å². The summed E-state index contributed by atoms with van der Waals surface area (Å²) in [4.78, 5) is 26.1. The monoisotopic (exact) mass is 644 g/mol. The van der Waals surface area contributed by atoms with E-state index >= 15 is 0 Å². The maximum atomic E-state index is 12.4. The van der Waals surface area contributed by atoms with Gasteiger partial charge >= 0.3 is 0 Å². The third-order valence-electron chi connectivity index (χ3n) is 6.94. The third-order valence-corrected chi connectivity index (χ3v) is 6.94. The molecule has 4 aromatic rings. The number of rotatable bonds is 19. The highest BCUT2D eigenvalue weighted by atomic mass is 16.7. The number of methoxy groups -OCH3 is 1. The summed E-state index contributed by atoms with van der Waals surface area (Å²) in [7, 11) is 1.64. The summed E-state index contributed by atoms with van der Waals surface area (Å²) in [5.41, 5.74) is 8.95. The minimum Gasteiger partial charge on any atom is -0.497 e. The topological polar surface area (TPSA) is 176 Å². The fourth-order valence-corrected chi connectivity index (χ4v) is 4.57. The van der Waals surface area contributed by atoms with Crippen molar-refractivity contribution in [3.8, 4) is 17.2 Å². The van der Waals surface area contributed by atoms with Gasteiger partial charge in [0.15, 0.2) is 11.5 Å².